The summed E-state index contributed by atoms with van der Waals surface area (Å²) < 4.78 is 5.45. The van der Waals surface area contributed by atoms with Gasteiger partial charge in [-0.1, -0.05) is 231 Å². The Kier molecular flexibility index (Phi) is 47.6. The monoisotopic (exact) mass is 832 g/mol. The van der Waals surface area contributed by atoms with E-state index >= 15 is 0 Å². The molecule has 0 spiro atoms. The van der Waals surface area contributed by atoms with Gasteiger partial charge in [-0.05, 0) is 57.8 Å². The summed E-state index contributed by atoms with van der Waals surface area (Å²) in [5.74, 6) is -0.0812. The van der Waals surface area contributed by atoms with Crippen molar-refractivity contribution in [2.75, 3.05) is 13.2 Å². The highest BCUT2D eigenvalue weighted by Crippen LogP contribution is 2.15. The van der Waals surface area contributed by atoms with Crippen molar-refractivity contribution in [1.82, 2.24) is 5.32 Å². The first-order valence-corrected chi connectivity index (χ1v) is 26.1. The van der Waals surface area contributed by atoms with Gasteiger partial charge in [0.1, 0.15) is 0 Å². The number of esters is 1. The summed E-state index contributed by atoms with van der Waals surface area (Å²) in [6.45, 7) is 4.88. The molecule has 0 bridgehead atoms. The largest absolute Gasteiger partial charge is 0.466 e. The zero-order valence-electron chi connectivity index (χ0n) is 39.5. The van der Waals surface area contributed by atoms with E-state index in [1.165, 1.54) is 193 Å². The molecule has 2 unspecified atom stereocenters. The fourth-order valence-electron chi connectivity index (χ4n) is 7.92. The van der Waals surface area contributed by atoms with E-state index in [9.17, 15) is 19.8 Å². The number of ether oxygens (including phenoxy) is 1. The van der Waals surface area contributed by atoms with Crippen molar-refractivity contribution in [1.29, 1.82) is 0 Å². The number of carbonyl (C=O) groups is 2. The Morgan fingerprint density at radius 1 is 0.458 bits per heavy atom. The minimum Gasteiger partial charge on any atom is -0.466 e. The zero-order chi connectivity index (χ0) is 43.0. The number of rotatable bonds is 48. The standard InChI is InChI=1S/C53H101NO5/c1-3-5-7-9-11-13-15-22-26-29-33-37-41-45-51(56)50(49-55)54-52(57)46-42-38-34-30-27-23-20-18-16-17-19-21-24-28-32-36-40-44-48-59-53(58)47-43-39-35-31-25-14-12-10-8-6-4-2/h18,20,41,45,50-51,55-56H,3-17,19,21-40,42-44,46-49H2,1-2H3,(H,54,57)/b20-18-,45-41+. The molecule has 348 valence electrons. The molecule has 59 heavy (non-hydrogen) atoms. The summed E-state index contributed by atoms with van der Waals surface area (Å²) in [5.41, 5.74) is 0. The molecule has 0 heterocycles. The average Bonchev–Trinajstić information content (AvgIpc) is 3.24. The predicted octanol–water partition coefficient (Wildman–Crippen LogP) is 15.5. The number of unbranched alkanes of at least 4 members (excludes halogenated alkanes) is 35. The Morgan fingerprint density at radius 2 is 0.797 bits per heavy atom. The number of amides is 1. The van der Waals surface area contributed by atoms with Gasteiger partial charge in [0.2, 0.25) is 5.91 Å². The third-order valence-corrected chi connectivity index (χ3v) is 12.0. The van der Waals surface area contributed by atoms with Gasteiger partial charge in [-0.15, -0.1) is 0 Å². The first-order chi connectivity index (χ1) is 29.0. The number of aliphatic hydroxyl groups is 2. The van der Waals surface area contributed by atoms with Crippen LogP contribution < -0.4 is 5.32 Å². The van der Waals surface area contributed by atoms with Crippen molar-refractivity contribution in [3.8, 4) is 0 Å². The molecule has 0 aliphatic heterocycles. The normalized spacial score (nSPS) is 12.8. The maximum atomic E-state index is 12.4. The van der Waals surface area contributed by atoms with E-state index in [1.54, 1.807) is 6.08 Å². The summed E-state index contributed by atoms with van der Waals surface area (Å²) in [6, 6.07) is -0.636. The Labute approximate surface area is 367 Å². The van der Waals surface area contributed by atoms with Gasteiger partial charge >= 0.3 is 5.97 Å². The van der Waals surface area contributed by atoms with Gasteiger partial charge in [-0.3, -0.25) is 9.59 Å². The second-order valence-corrected chi connectivity index (χ2v) is 17.9. The Bertz CT molecular complexity index is 920. The topological polar surface area (TPSA) is 95.9 Å². The number of aliphatic hydroxyl groups excluding tert-OH is 2. The van der Waals surface area contributed by atoms with E-state index in [4.69, 9.17) is 4.74 Å². The van der Waals surface area contributed by atoms with Crippen LogP contribution in [-0.4, -0.2) is 47.4 Å². The molecule has 2 atom stereocenters. The molecule has 0 radical (unpaired) electrons. The molecule has 0 aromatic carbocycles. The van der Waals surface area contributed by atoms with Crippen molar-refractivity contribution < 1.29 is 24.5 Å². The van der Waals surface area contributed by atoms with Crippen molar-refractivity contribution >= 4 is 11.9 Å². The lowest BCUT2D eigenvalue weighted by atomic mass is 10.0. The van der Waals surface area contributed by atoms with Gasteiger partial charge in [0.05, 0.1) is 25.4 Å². The lowest BCUT2D eigenvalue weighted by Gasteiger charge is -2.20. The SMILES string of the molecule is CCCCCCCCCCCCC/C=C/C(O)C(CO)NC(=O)CCCCCCC/C=C\CCCCCCCCCCCOC(=O)CCCCCCCCCCCCC. The molecule has 0 aromatic rings. The van der Waals surface area contributed by atoms with Crippen LogP contribution >= 0.6 is 0 Å². The van der Waals surface area contributed by atoms with Crippen LogP contribution in [0.3, 0.4) is 0 Å². The van der Waals surface area contributed by atoms with Crippen molar-refractivity contribution in [2.24, 2.45) is 0 Å². The molecule has 6 heteroatoms. The van der Waals surface area contributed by atoms with E-state index in [0.29, 0.717) is 19.4 Å². The van der Waals surface area contributed by atoms with Crippen molar-refractivity contribution in [3.05, 3.63) is 24.3 Å². The Morgan fingerprint density at radius 3 is 1.20 bits per heavy atom. The Hall–Kier alpha value is -1.66. The highest BCUT2D eigenvalue weighted by atomic mass is 16.5. The third-order valence-electron chi connectivity index (χ3n) is 12.0. The summed E-state index contributed by atoms with van der Waals surface area (Å²) in [5, 5.41) is 23.0. The average molecular weight is 832 g/mol. The molecule has 3 N–H and O–H groups in total. The van der Waals surface area contributed by atoms with Crippen LogP contribution in [0.4, 0.5) is 0 Å². The van der Waals surface area contributed by atoms with Crippen LogP contribution in [0, 0.1) is 0 Å². The van der Waals surface area contributed by atoms with E-state index in [0.717, 1.165) is 57.8 Å². The molecule has 0 aliphatic carbocycles. The van der Waals surface area contributed by atoms with Crippen LogP contribution in [-0.2, 0) is 14.3 Å². The summed E-state index contributed by atoms with van der Waals surface area (Å²) in [4.78, 5) is 24.4. The fraction of sp³-hybridized carbons (Fsp3) is 0.887. The number of allylic oxidation sites excluding steroid dienone is 3. The van der Waals surface area contributed by atoms with Gasteiger partial charge in [0, 0.05) is 12.8 Å². The molecule has 0 fully saturated rings. The van der Waals surface area contributed by atoms with Crippen molar-refractivity contribution in [3.63, 3.8) is 0 Å². The number of hydrogen-bond donors (Lipinski definition) is 3. The van der Waals surface area contributed by atoms with Crippen molar-refractivity contribution in [2.45, 2.75) is 289 Å². The molecule has 1 amide bonds. The lowest BCUT2D eigenvalue weighted by molar-refractivity contribution is -0.143. The van der Waals surface area contributed by atoms with Gasteiger partial charge in [-0.2, -0.15) is 0 Å². The maximum absolute atomic E-state index is 12.4. The second-order valence-electron chi connectivity index (χ2n) is 17.9. The number of carbonyl (C=O) groups excluding carboxylic acids is 2. The van der Waals surface area contributed by atoms with Gasteiger partial charge in [0.15, 0.2) is 0 Å². The molecule has 0 aliphatic rings. The summed E-state index contributed by atoms with van der Waals surface area (Å²) >= 11 is 0. The van der Waals surface area contributed by atoms with E-state index in [1.807, 2.05) is 6.08 Å². The number of nitrogens with one attached hydrogen (secondary N) is 1. The fourth-order valence-corrected chi connectivity index (χ4v) is 7.92. The Balaban J connectivity index is 3.48. The van der Waals surface area contributed by atoms with Crippen LogP contribution in [0.25, 0.3) is 0 Å². The quantitative estimate of drug-likeness (QED) is 0.0322. The van der Waals surface area contributed by atoms with Crippen LogP contribution in [0.5, 0.6) is 0 Å². The lowest BCUT2D eigenvalue weighted by Crippen LogP contribution is -2.45. The molecule has 0 saturated heterocycles. The van der Waals surface area contributed by atoms with E-state index in [2.05, 4.69) is 31.3 Å². The first-order valence-electron chi connectivity index (χ1n) is 26.1. The van der Waals surface area contributed by atoms with Crippen LogP contribution in [0.1, 0.15) is 277 Å². The van der Waals surface area contributed by atoms with Crippen LogP contribution in [0.15, 0.2) is 24.3 Å². The summed E-state index contributed by atoms with van der Waals surface area (Å²) in [7, 11) is 0. The number of hydrogen-bond acceptors (Lipinski definition) is 5. The smallest absolute Gasteiger partial charge is 0.305 e. The first kappa shape index (κ1) is 57.3. The highest BCUT2D eigenvalue weighted by Gasteiger charge is 2.18. The van der Waals surface area contributed by atoms with E-state index < -0.39 is 12.1 Å². The second kappa shape index (κ2) is 49.0. The van der Waals surface area contributed by atoms with Gasteiger partial charge < -0.3 is 20.3 Å². The summed E-state index contributed by atoms with van der Waals surface area (Å²) in [6.07, 6.45) is 57.5. The molecule has 6 nitrogen and oxygen atoms in total. The highest BCUT2D eigenvalue weighted by molar-refractivity contribution is 5.76. The van der Waals surface area contributed by atoms with Crippen LogP contribution in [0.2, 0.25) is 0 Å². The minimum absolute atomic E-state index is 0.00142. The van der Waals surface area contributed by atoms with Gasteiger partial charge in [-0.25, -0.2) is 0 Å². The molecule has 0 rings (SSSR count). The molecule has 0 aromatic heterocycles. The predicted molar refractivity (Wildman–Crippen MR) is 255 cm³/mol. The molecular weight excluding hydrogens is 731 g/mol. The maximum Gasteiger partial charge on any atom is 0.305 e. The molecule has 0 saturated carbocycles. The third kappa shape index (κ3) is 45.7. The van der Waals surface area contributed by atoms with E-state index in [-0.39, 0.29) is 18.5 Å². The zero-order valence-corrected chi connectivity index (χ0v) is 39.5. The molecular formula is C53H101NO5. The minimum atomic E-state index is -0.851. The van der Waals surface area contributed by atoms with Gasteiger partial charge in [0.25, 0.3) is 0 Å².